The van der Waals surface area contributed by atoms with Gasteiger partial charge in [-0.2, -0.15) is 0 Å². The van der Waals surface area contributed by atoms with E-state index in [1.165, 1.54) is 0 Å². The molecule has 0 rings (SSSR count). The molecule has 102 valence electrons. The van der Waals surface area contributed by atoms with E-state index in [0.29, 0.717) is 10.9 Å². The second-order valence-electron chi connectivity index (χ2n) is 5.36. The van der Waals surface area contributed by atoms with E-state index in [4.69, 9.17) is 11.1 Å². The first-order chi connectivity index (χ1) is 7.60. The lowest BCUT2D eigenvalue weighted by Gasteiger charge is -2.53. The van der Waals surface area contributed by atoms with Crippen LogP contribution in [0.15, 0.2) is 0 Å². The Morgan fingerprint density at radius 3 is 1.76 bits per heavy atom. The number of rotatable bonds is 6. The molecule has 0 aliphatic heterocycles. The number of thioether (sulfide) groups is 1. The molecular weight excluding hydrogens is 234 g/mol. The molecule has 17 heavy (non-hydrogen) atoms. The van der Waals surface area contributed by atoms with Crippen molar-refractivity contribution in [2.75, 3.05) is 21.1 Å². The zero-order valence-electron chi connectivity index (χ0n) is 12.0. The minimum absolute atomic E-state index is 0.0194. The molecule has 0 aromatic heterocycles. The number of hydrogen-bond acceptors (Lipinski definition) is 3. The smallest absolute Gasteiger partial charge is 0.172 e. The van der Waals surface area contributed by atoms with Crippen LogP contribution in [0.1, 0.15) is 40.0 Å². The summed E-state index contributed by atoms with van der Waals surface area (Å²) in [5.41, 5.74) is 5.18. The largest absolute Gasteiger partial charge is 0.379 e. The second kappa shape index (κ2) is 5.59. The third-order valence-electron chi connectivity index (χ3n) is 3.94. The molecule has 0 heterocycles. The van der Waals surface area contributed by atoms with E-state index in [1.807, 2.05) is 6.92 Å². The van der Waals surface area contributed by atoms with Crippen LogP contribution in [0.5, 0.6) is 0 Å². The monoisotopic (exact) mass is 262 g/mol. The highest BCUT2D eigenvalue weighted by Crippen LogP contribution is 2.46. The highest BCUT2D eigenvalue weighted by atomic mass is 32.2. The van der Waals surface area contributed by atoms with Crippen molar-refractivity contribution in [1.29, 1.82) is 5.41 Å². The molecule has 0 fully saturated rings. The van der Waals surface area contributed by atoms with Crippen molar-refractivity contribution in [1.82, 2.24) is 0 Å². The predicted molar refractivity (Wildman–Crippen MR) is 76.1 cm³/mol. The Bertz CT molecular complexity index is 271. The summed E-state index contributed by atoms with van der Waals surface area (Å²) in [6.07, 6.45) is 2.27. The third-order valence-corrected chi connectivity index (χ3v) is 5.17. The molecule has 0 aromatic rings. The van der Waals surface area contributed by atoms with E-state index in [9.17, 15) is 5.11 Å². The summed E-state index contributed by atoms with van der Waals surface area (Å²) >= 11 is 1.09. The fourth-order valence-corrected chi connectivity index (χ4v) is 4.21. The lowest BCUT2D eigenvalue weighted by molar-refractivity contribution is -0.930. The molecule has 0 saturated heterocycles. The highest BCUT2D eigenvalue weighted by Gasteiger charge is 2.57. The number of likely N-dealkylation sites (N-methyl/N-ethyl adjacent to an activating group) is 1. The maximum atomic E-state index is 11.0. The van der Waals surface area contributed by atoms with Gasteiger partial charge in [0.15, 0.2) is 10.1 Å². The van der Waals surface area contributed by atoms with E-state index in [-0.39, 0.29) is 10.7 Å². The average molecular weight is 262 g/mol. The molecule has 1 unspecified atom stereocenters. The maximum Gasteiger partial charge on any atom is 0.172 e. The summed E-state index contributed by atoms with van der Waals surface area (Å²) in [6.45, 7) is 6.13. The van der Waals surface area contributed by atoms with Crippen molar-refractivity contribution in [2.45, 2.75) is 50.5 Å². The minimum Gasteiger partial charge on any atom is -0.379 e. The van der Waals surface area contributed by atoms with Crippen LogP contribution < -0.4 is 5.73 Å². The summed E-state index contributed by atoms with van der Waals surface area (Å²) < 4.78 is 0.657. The Kier molecular flexibility index (Phi) is 5.50. The number of nitrogens with two attached hydrogens (primary N) is 1. The Balaban J connectivity index is 5.63. The van der Waals surface area contributed by atoms with Gasteiger partial charge in [-0.3, -0.25) is 5.41 Å². The van der Waals surface area contributed by atoms with Gasteiger partial charge in [-0.1, -0.05) is 20.8 Å². The van der Waals surface area contributed by atoms with Gasteiger partial charge in [-0.05, 0) is 18.2 Å². The molecule has 0 aromatic carbocycles. The predicted octanol–water partition coefficient (Wildman–Crippen LogP) is 1.98. The second-order valence-corrected chi connectivity index (χ2v) is 6.67. The van der Waals surface area contributed by atoms with Crippen LogP contribution in [-0.4, -0.2) is 46.4 Å². The van der Waals surface area contributed by atoms with Crippen LogP contribution in [-0.2, 0) is 0 Å². The molecule has 0 saturated carbocycles. The van der Waals surface area contributed by atoms with Crippen LogP contribution >= 0.6 is 11.8 Å². The van der Waals surface area contributed by atoms with Gasteiger partial charge < -0.3 is 15.3 Å². The standard InChI is InChI=1S/C12H28N3OS/c1-7-11(8-2,15(4,5)6)12(16,9-3)17-10(13)14/h16H,7-9H2,1-6H3,(H3,13,14)/q+1. The summed E-state index contributed by atoms with van der Waals surface area (Å²) in [5, 5.41) is 18.4. The fraction of sp³-hybridized carbons (Fsp3) is 0.917. The van der Waals surface area contributed by atoms with Crippen molar-refractivity contribution >= 4 is 16.9 Å². The number of nitrogens with zero attached hydrogens (tertiary/aromatic N) is 1. The van der Waals surface area contributed by atoms with Crippen LogP contribution in [0.4, 0.5) is 0 Å². The van der Waals surface area contributed by atoms with Crippen molar-refractivity contribution < 1.29 is 9.59 Å². The number of aliphatic hydroxyl groups is 1. The van der Waals surface area contributed by atoms with Crippen molar-refractivity contribution in [3.63, 3.8) is 0 Å². The van der Waals surface area contributed by atoms with Gasteiger partial charge in [-0.25, -0.2) is 0 Å². The lowest BCUT2D eigenvalue weighted by atomic mass is 9.81. The molecule has 0 bridgehead atoms. The molecular formula is C12H28N3OS+. The Labute approximate surface area is 110 Å². The first kappa shape index (κ1) is 16.7. The van der Waals surface area contributed by atoms with Gasteiger partial charge >= 0.3 is 0 Å². The molecule has 4 N–H and O–H groups in total. The van der Waals surface area contributed by atoms with Gasteiger partial charge in [-0.15, -0.1) is 0 Å². The van der Waals surface area contributed by atoms with Crippen LogP contribution in [0, 0.1) is 5.41 Å². The van der Waals surface area contributed by atoms with E-state index in [2.05, 4.69) is 35.0 Å². The molecule has 0 amide bonds. The van der Waals surface area contributed by atoms with E-state index in [1.54, 1.807) is 0 Å². The van der Waals surface area contributed by atoms with Crippen molar-refractivity contribution in [2.24, 2.45) is 5.73 Å². The maximum absolute atomic E-state index is 11.0. The van der Waals surface area contributed by atoms with Gasteiger partial charge in [0.2, 0.25) is 0 Å². The van der Waals surface area contributed by atoms with E-state index < -0.39 is 4.93 Å². The summed E-state index contributed by atoms with van der Waals surface area (Å²) in [5.74, 6) is 0. The SMILES string of the molecule is CCC(O)(SC(=N)N)C(CC)(CC)[N+](C)(C)C. The summed E-state index contributed by atoms with van der Waals surface area (Å²) in [4.78, 5) is -0.999. The molecule has 4 nitrogen and oxygen atoms in total. The number of amidine groups is 1. The average Bonchev–Trinajstić information content (AvgIpc) is 2.16. The normalized spacial score (nSPS) is 16.6. The lowest BCUT2D eigenvalue weighted by Crippen LogP contribution is -2.68. The molecule has 0 aliphatic carbocycles. The van der Waals surface area contributed by atoms with Crippen LogP contribution in [0.3, 0.4) is 0 Å². The Morgan fingerprint density at radius 1 is 1.18 bits per heavy atom. The molecule has 0 radical (unpaired) electrons. The van der Waals surface area contributed by atoms with Crippen LogP contribution in [0.2, 0.25) is 0 Å². The number of quaternary nitrogens is 1. The van der Waals surface area contributed by atoms with Gasteiger partial charge in [0, 0.05) is 12.8 Å². The van der Waals surface area contributed by atoms with Gasteiger partial charge in [0.05, 0.1) is 21.1 Å². The molecule has 1 atom stereocenters. The molecule has 0 aliphatic rings. The van der Waals surface area contributed by atoms with Gasteiger partial charge in [0.25, 0.3) is 0 Å². The Hall–Kier alpha value is -0.260. The number of nitrogens with one attached hydrogen (secondary N) is 1. The minimum atomic E-state index is -0.999. The van der Waals surface area contributed by atoms with Gasteiger partial charge in [0.1, 0.15) is 5.54 Å². The summed E-state index contributed by atoms with van der Waals surface area (Å²) in [7, 11) is 6.27. The third kappa shape index (κ3) is 2.95. The molecule has 5 heteroatoms. The first-order valence-corrected chi connectivity index (χ1v) is 6.98. The zero-order valence-corrected chi connectivity index (χ0v) is 12.8. The number of hydrogen-bond donors (Lipinski definition) is 3. The van der Waals surface area contributed by atoms with E-state index in [0.717, 1.165) is 24.6 Å². The molecule has 0 spiro atoms. The quantitative estimate of drug-likeness (QED) is 0.297. The Morgan fingerprint density at radius 2 is 1.59 bits per heavy atom. The van der Waals surface area contributed by atoms with Crippen molar-refractivity contribution in [3.05, 3.63) is 0 Å². The van der Waals surface area contributed by atoms with Crippen molar-refractivity contribution in [3.8, 4) is 0 Å². The van der Waals surface area contributed by atoms with E-state index >= 15 is 0 Å². The fourth-order valence-electron chi connectivity index (χ4n) is 2.95. The summed E-state index contributed by atoms with van der Waals surface area (Å²) in [6, 6.07) is 0. The zero-order chi connectivity index (χ0) is 13.9. The highest BCUT2D eigenvalue weighted by molar-refractivity contribution is 8.14. The van der Waals surface area contributed by atoms with Crippen LogP contribution in [0.25, 0.3) is 0 Å². The topological polar surface area (TPSA) is 70.1 Å². The first-order valence-electron chi connectivity index (χ1n) is 6.17.